The average molecular weight is 404 g/mol. The van der Waals surface area contributed by atoms with Crippen molar-refractivity contribution < 1.29 is 24.0 Å². The van der Waals surface area contributed by atoms with Crippen LogP contribution in [0.25, 0.3) is 0 Å². The molecule has 146 valence electrons. The largest absolute Gasteiger partial charge is 0.385 e. The van der Waals surface area contributed by atoms with Crippen LogP contribution >= 0.6 is 11.6 Å². The van der Waals surface area contributed by atoms with E-state index in [4.69, 9.17) is 11.6 Å². The van der Waals surface area contributed by atoms with Crippen LogP contribution in [-0.2, 0) is 15.2 Å². The van der Waals surface area contributed by atoms with E-state index in [-0.39, 0.29) is 18.2 Å². The summed E-state index contributed by atoms with van der Waals surface area (Å²) < 4.78 is 13.1. The fourth-order valence-electron chi connectivity index (χ4n) is 4.19. The summed E-state index contributed by atoms with van der Waals surface area (Å²) in [5.41, 5.74) is 0.266. The fraction of sp³-hybridized carbons (Fsp3) is 0.333. The van der Waals surface area contributed by atoms with Gasteiger partial charge in [0.1, 0.15) is 11.4 Å². The van der Waals surface area contributed by atoms with Gasteiger partial charge in [-0.25, -0.2) is 9.29 Å². The summed E-state index contributed by atoms with van der Waals surface area (Å²) in [6, 6.07) is 12.1. The monoisotopic (exact) mass is 403 g/mol. The molecule has 2 aliphatic heterocycles. The van der Waals surface area contributed by atoms with Gasteiger partial charge in [0.05, 0.1) is 25.2 Å². The molecule has 2 heterocycles. The Morgan fingerprint density at radius 3 is 2.25 bits per heavy atom. The molecule has 1 atom stereocenters. The second kappa shape index (κ2) is 7.28. The van der Waals surface area contributed by atoms with Crippen molar-refractivity contribution in [1.29, 1.82) is 0 Å². The van der Waals surface area contributed by atoms with Gasteiger partial charge in [0.15, 0.2) is 6.04 Å². The molecular weight excluding hydrogens is 383 g/mol. The Labute approximate surface area is 167 Å². The van der Waals surface area contributed by atoms with Crippen LogP contribution in [0.3, 0.4) is 0 Å². The van der Waals surface area contributed by atoms with Crippen molar-refractivity contribution in [3.05, 3.63) is 64.9 Å². The highest BCUT2D eigenvalue weighted by Crippen LogP contribution is 2.31. The third-order valence-corrected chi connectivity index (χ3v) is 6.08. The Morgan fingerprint density at radius 1 is 1.04 bits per heavy atom. The molecule has 2 aromatic carbocycles. The lowest BCUT2D eigenvalue weighted by atomic mass is 9.84. The van der Waals surface area contributed by atoms with E-state index >= 15 is 0 Å². The molecule has 2 aromatic rings. The third-order valence-electron chi connectivity index (χ3n) is 5.83. The smallest absolute Gasteiger partial charge is 0.292 e. The number of hydrogen-bond acceptors (Lipinski definition) is 3. The molecule has 0 saturated carbocycles. The maximum Gasteiger partial charge on any atom is 0.292 e. The summed E-state index contributed by atoms with van der Waals surface area (Å²) in [6.07, 6.45) is 1.13. The van der Waals surface area contributed by atoms with E-state index in [2.05, 4.69) is 0 Å². The van der Waals surface area contributed by atoms with Gasteiger partial charge >= 0.3 is 0 Å². The standard InChI is InChI=1S/C21H20ClFN2O3/c22-15-3-1-14(2-4-15)21(28)9-11-24(12-10-21)18-13-19(26)25(20(18)27)17-7-5-16(23)6-8-17/h1-8,18,28H,9-13H2/p+1/t18-/m1/s1. The van der Waals surface area contributed by atoms with Gasteiger partial charge < -0.3 is 10.0 Å². The summed E-state index contributed by atoms with van der Waals surface area (Å²) in [5, 5.41) is 11.6. The van der Waals surface area contributed by atoms with Crippen LogP contribution in [-0.4, -0.2) is 36.1 Å². The number of nitrogens with zero attached hydrogens (tertiary/aromatic N) is 1. The minimum atomic E-state index is -0.948. The second-order valence-electron chi connectivity index (χ2n) is 7.50. The quantitative estimate of drug-likeness (QED) is 0.766. The van der Waals surface area contributed by atoms with E-state index in [1.165, 1.54) is 24.3 Å². The molecule has 2 amide bonds. The summed E-state index contributed by atoms with van der Waals surface area (Å²) in [4.78, 5) is 27.5. The van der Waals surface area contributed by atoms with E-state index in [9.17, 15) is 19.1 Å². The number of quaternary nitrogens is 1. The highest BCUT2D eigenvalue weighted by molar-refractivity contribution is 6.30. The zero-order chi connectivity index (χ0) is 19.9. The first-order valence-corrected chi connectivity index (χ1v) is 9.70. The number of amides is 2. The average Bonchev–Trinajstić information content (AvgIpc) is 2.98. The van der Waals surface area contributed by atoms with Crippen LogP contribution in [0.2, 0.25) is 5.02 Å². The van der Waals surface area contributed by atoms with Gasteiger partial charge in [0, 0.05) is 17.9 Å². The fourth-order valence-corrected chi connectivity index (χ4v) is 4.32. The Morgan fingerprint density at radius 2 is 1.64 bits per heavy atom. The first-order chi connectivity index (χ1) is 13.4. The van der Waals surface area contributed by atoms with Gasteiger partial charge in [0.25, 0.3) is 5.91 Å². The number of benzene rings is 2. The maximum atomic E-state index is 13.1. The van der Waals surface area contributed by atoms with Crippen molar-refractivity contribution in [3.8, 4) is 0 Å². The molecule has 4 rings (SSSR count). The summed E-state index contributed by atoms with van der Waals surface area (Å²) in [6.45, 7) is 1.17. The first-order valence-electron chi connectivity index (χ1n) is 9.33. The third kappa shape index (κ3) is 3.43. The number of rotatable bonds is 3. The SMILES string of the molecule is O=C1C[C@@H]([NH+]2CCC(O)(c3ccc(Cl)cc3)CC2)C(=O)N1c1ccc(F)cc1. The van der Waals surface area contributed by atoms with Gasteiger partial charge in [0.2, 0.25) is 5.91 Å². The number of halogens is 2. The van der Waals surface area contributed by atoms with Crippen molar-refractivity contribution in [3.63, 3.8) is 0 Å². The molecule has 0 unspecified atom stereocenters. The van der Waals surface area contributed by atoms with Gasteiger partial charge in [-0.1, -0.05) is 23.7 Å². The first kappa shape index (κ1) is 19.1. The topological polar surface area (TPSA) is 62.1 Å². The number of aliphatic hydroxyl groups is 1. The summed E-state index contributed by atoms with van der Waals surface area (Å²) in [7, 11) is 0. The molecule has 2 N–H and O–H groups in total. The number of imide groups is 1. The minimum absolute atomic E-state index is 0.130. The van der Waals surface area contributed by atoms with E-state index in [0.717, 1.165) is 15.4 Å². The van der Waals surface area contributed by atoms with Crippen LogP contribution in [0.1, 0.15) is 24.8 Å². The Kier molecular flexibility index (Phi) is 4.95. The molecule has 28 heavy (non-hydrogen) atoms. The predicted molar refractivity (Wildman–Crippen MR) is 103 cm³/mol. The molecule has 7 heteroatoms. The van der Waals surface area contributed by atoms with Crippen LogP contribution in [0.4, 0.5) is 10.1 Å². The molecular formula is C21H21ClFN2O3+. The van der Waals surface area contributed by atoms with Gasteiger partial charge in [-0.15, -0.1) is 0 Å². The van der Waals surface area contributed by atoms with Crippen LogP contribution < -0.4 is 9.80 Å². The van der Waals surface area contributed by atoms with Gasteiger partial charge in [-0.2, -0.15) is 0 Å². The lowest BCUT2D eigenvalue weighted by molar-refractivity contribution is -0.922. The van der Waals surface area contributed by atoms with Crippen molar-refractivity contribution in [2.45, 2.75) is 30.9 Å². The molecule has 2 saturated heterocycles. The molecule has 0 radical (unpaired) electrons. The van der Waals surface area contributed by atoms with E-state index < -0.39 is 17.5 Å². The number of hydrogen-bond donors (Lipinski definition) is 2. The zero-order valence-corrected chi connectivity index (χ0v) is 16.0. The lowest BCUT2D eigenvalue weighted by Crippen LogP contribution is -3.18. The lowest BCUT2D eigenvalue weighted by Gasteiger charge is -2.38. The van der Waals surface area contributed by atoms with Crippen LogP contribution in [0.5, 0.6) is 0 Å². The number of carbonyl (C=O) groups is 2. The van der Waals surface area contributed by atoms with Crippen molar-refractivity contribution in [2.24, 2.45) is 0 Å². The van der Waals surface area contributed by atoms with E-state index in [1.807, 2.05) is 12.1 Å². The highest BCUT2D eigenvalue weighted by Gasteiger charge is 2.48. The van der Waals surface area contributed by atoms with Gasteiger partial charge in [-0.3, -0.25) is 9.59 Å². The van der Waals surface area contributed by atoms with Crippen LogP contribution in [0, 0.1) is 5.82 Å². The summed E-state index contributed by atoms with van der Waals surface area (Å²) >= 11 is 5.93. The number of anilines is 1. The predicted octanol–water partition coefficient (Wildman–Crippen LogP) is 1.68. The van der Waals surface area contributed by atoms with Crippen molar-refractivity contribution in [1.82, 2.24) is 0 Å². The number of likely N-dealkylation sites (tertiary alicyclic amines) is 1. The number of piperidine rings is 1. The molecule has 0 spiro atoms. The minimum Gasteiger partial charge on any atom is -0.385 e. The van der Waals surface area contributed by atoms with Crippen molar-refractivity contribution in [2.75, 3.05) is 18.0 Å². The highest BCUT2D eigenvalue weighted by atomic mass is 35.5. The number of carbonyl (C=O) groups excluding carboxylic acids is 2. The Hall–Kier alpha value is -2.28. The summed E-state index contributed by atoms with van der Waals surface area (Å²) in [5.74, 6) is -0.946. The maximum absolute atomic E-state index is 13.1. The molecule has 0 bridgehead atoms. The molecule has 2 fully saturated rings. The molecule has 5 nitrogen and oxygen atoms in total. The van der Waals surface area contributed by atoms with Gasteiger partial charge in [-0.05, 0) is 42.0 Å². The normalized spacial score (nSPS) is 28.0. The van der Waals surface area contributed by atoms with E-state index in [1.54, 1.807) is 12.1 Å². The zero-order valence-electron chi connectivity index (χ0n) is 15.2. The van der Waals surface area contributed by atoms with E-state index in [0.29, 0.717) is 36.6 Å². The second-order valence-corrected chi connectivity index (χ2v) is 7.93. The Balaban J connectivity index is 1.46. The number of nitrogens with one attached hydrogen (secondary N) is 1. The van der Waals surface area contributed by atoms with Crippen LogP contribution in [0.15, 0.2) is 48.5 Å². The van der Waals surface area contributed by atoms with Crippen molar-refractivity contribution >= 4 is 29.1 Å². The Bertz CT molecular complexity index is 893. The molecule has 0 aromatic heterocycles. The molecule has 0 aliphatic carbocycles. The molecule has 2 aliphatic rings.